The fourth-order valence-corrected chi connectivity index (χ4v) is 2.06. The second-order valence-electron chi connectivity index (χ2n) is 4.29. The molecule has 2 N–H and O–H groups in total. The highest BCUT2D eigenvalue weighted by Crippen LogP contribution is 2.29. The Morgan fingerprint density at radius 3 is 2.89 bits per heavy atom. The van der Waals surface area contributed by atoms with Gasteiger partial charge in [0, 0.05) is 18.7 Å². The number of pyridine rings is 1. The molecule has 1 atom stereocenters. The predicted octanol–water partition coefficient (Wildman–Crippen LogP) is 0.498. The van der Waals surface area contributed by atoms with Crippen LogP contribution < -0.4 is 10.6 Å². The normalized spacial score (nSPS) is 19.1. The van der Waals surface area contributed by atoms with Crippen LogP contribution >= 0.6 is 0 Å². The minimum Gasteiger partial charge on any atom is -0.469 e. The molecule has 1 fully saturated rings. The highest BCUT2D eigenvalue weighted by molar-refractivity contribution is 6.01. The minimum atomic E-state index is -0.428. The van der Waals surface area contributed by atoms with Gasteiger partial charge in [-0.1, -0.05) is 0 Å². The molecule has 0 aliphatic carbocycles. The number of carbonyl (C=O) groups is 2. The maximum absolute atomic E-state index is 11.9. The van der Waals surface area contributed by atoms with Gasteiger partial charge in [-0.25, -0.2) is 4.98 Å². The van der Waals surface area contributed by atoms with Gasteiger partial charge in [-0.3, -0.25) is 9.59 Å². The lowest BCUT2D eigenvalue weighted by Crippen LogP contribution is -2.27. The molecule has 1 saturated heterocycles. The number of rotatable bonds is 2. The molecule has 1 aromatic rings. The molecule has 2 heterocycles. The van der Waals surface area contributed by atoms with Crippen molar-refractivity contribution in [1.82, 2.24) is 4.98 Å². The van der Waals surface area contributed by atoms with E-state index in [9.17, 15) is 9.59 Å². The fourth-order valence-electron chi connectivity index (χ4n) is 2.06. The molecule has 96 valence electrons. The van der Waals surface area contributed by atoms with Crippen molar-refractivity contribution in [2.75, 3.05) is 24.3 Å². The number of nitrogen functional groups attached to an aromatic ring is 1. The van der Waals surface area contributed by atoms with Crippen molar-refractivity contribution in [3.8, 4) is 0 Å². The smallest absolute Gasteiger partial charge is 0.311 e. The van der Waals surface area contributed by atoms with Gasteiger partial charge in [-0.2, -0.15) is 0 Å². The summed E-state index contributed by atoms with van der Waals surface area (Å²) in [5.74, 6) is -0.635. The standard InChI is InChI=1S/C12H15N3O3/c1-7-3-4-9(11(13)14-7)15-6-8(5-10(15)16)12(17)18-2/h3-4,8H,5-6H2,1-2H3,(H2,13,14). The third kappa shape index (κ3) is 2.13. The average molecular weight is 249 g/mol. The van der Waals surface area contributed by atoms with Crippen LogP contribution in [0.2, 0.25) is 0 Å². The number of nitrogens with two attached hydrogens (primary N) is 1. The van der Waals surface area contributed by atoms with Crippen LogP contribution in [-0.4, -0.2) is 30.5 Å². The number of hydrogen-bond acceptors (Lipinski definition) is 5. The Balaban J connectivity index is 2.24. The highest BCUT2D eigenvalue weighted by atomic mass is 16.5. The molecule has 18 heavy (non-hydrogen) atoms. The predicted molar refractivity (Wildman–Crippen MR) is 65.9 cm³/mol. The highest BCUT2D eigenvalue weighted by Gasteiger charge is 2.36. The van der Waals surface area contributed by atoms with Gasteiger partial charge in [-0.15, -0.1) is 0 Å². The maximum Gasteiger partial charge on any atom is 0.311 e. The van der Waals surface area contributed by atoms with E-state index in [1.165, 1.54) is 12.0 Å². The number of hydrogen-bond donors (Lipinski definition) is 1. The van der Waals surface area contributed by atoms with Crippen molar-refractivity contribution in [3.05, 3.63) is 17.8 Å². The van der Waals surface area contributed by atoms with Crippen LogP contribution in [0.4, 0.5) is 11.5 Å². The van der Waals surface area contributed by atoms with E-state index in [1.807, 2.05) is 6.92 Å². The third-order valence-electron chi connectivity index (χ3n) is 2.99. The Morgan fingerprint density at radius 2 is 2.28 bits per heavy atom. The zero-order valence-corrected chi connectivity index (χ0v) is 10.3. The summed E-state index contributed by atoms with van der Waals surface area (Å²) in [7, 11) is 1.32. The number of ether oxygens (including phenoxy) is 1. The van der Waals surface area contributed by atoms with E-state index in [-0.39, 0.29) is 18.3 Å². The topological polar surface area (TPSA) is 85.5 Å². The number of anilines is 2. The van der Waals surface area contributed by atoms with Gasteiger partial charge >= 0.3 is 5.97 Å². The van der Waals surface area contributed by atoms with Crippen molar-refractivity contribution in [3.63, 3.8) is 0 Å². The van der Waals surface area contributed by atoms with E-state index in [0.29, 0.717) is 18.1 Å². The number of esters is 1. The van der Waals surface area contributed by atoms with Gasteiger partial charge in [0.2, 0.25) is 5.91 Å². The lowest BCUT2D eigenvalue weighted by Gasteiger charge is -2.17. The van der Waals surface area contributed by atoms with E-state index >= 15 is 0 Å². The number of aromatic nitrogens is 1. The summed E-state index contributed by atoms with van der Waals surface area (Å²) in [6.45, 7) is 2.11. The summed E-state index contributed by atoms with van der Waals surface area (Å²) >= 11 is 0. The SMILES string of the molecule is COC(=O)C1CC(=O)N(c2ccc(C)nc2N)C1. The van der Waals surface area contributed by atoms with Crippen LogP contribution in [0, 0.1) is 12.8 Å². The maximum atomic E-state index is 11.9. The van der Waals surface area contributed by atoms with Crippen LogP contribution in [0.3, 0.4) is 0 Å². The van der Waals surface area contributed by atoms with Crippen LogP contribution in [-0.2, 0) is 14.3 Å². The summed E-state index contributed by atoms with van der Waals surface area (Å²) in [5.41, 5.74) is 7.13. The first-order valence-corrected chi connectivity index (χ1v) is 5.64. The Labute approximate surface area is 105 Å². The molecular weight excluding hydrogens is 234 g/mol. The Hall–Kier alpha value is -2.11. The van der Waals surface area contributed by atoms with E-state index in [4.69, 9.17) is 5.73 Å². The van der Waals surface area contributed by atoms with E-state index in [2.05, 4.69) is 9.72 Å². The number of amides is 1. The van der Waals surface area contributed by atoms with Gasteiger partial charge in [0.25, 0.3) is 0 Å². The van der Waals surface area contributed by atoms with E-state index in [1.54, 1.807) is 12.1 Å². The molecular formula is C12H15N3O3. The average Bonchev–Trinajstić information content (AvgIpc) is 2.70. The molecule has 0 saturated carbocycles. The summed E-state index contributed by atoms with van der Waals surface area (Å²) in [4.78, 5) is 28.9. The van der Waals surface area contributed by atoms with Crippen molar-refractivity contribution in [2.45, 2.75) is 13.3 Å². The van der Waals surface area contributed by atoms with Gasteiger partial charge in [0.05, 0.1) is 18.7 Å². The number of methoxy groups -OCH3 is 1. The second-order valence-corrected chi connectivity index (χ2v) is 4.29. The molecule has 1 aliphatic rings. The number of carbonyl (C=O) groups excluding carboxylic acids is 2. The van der Waals surface area contributed by atoms with Gasteiger partial charge < -0.3 is 15.4 Å². The van der Waals surface area contributed by atoms with Gasteiger partial charge in [-0.05, 0) is 19.1 Å². The number of aryl methyl sites for hydroxylation is 1. The van der Waals surface area contributed by atoms with Gasteiger partial charge in [0.15, 0.2) is 0 Å². The monoisotopic (exact) mass is 249 g/mol. The molecule has 1 aliphatic heterocycles. The summed E-state index contributed by atoms with van der Waals surface area (Å²) in [6.07, 6.45) is 0.153. The molecule has 6 heteroatoms. The zero-order chi connectivity index (χ0) is 13.3. The summed E-state index contributed by atoms with van der Waals surface area (Å²) < 4.78 is 4.65. The molecule has 6 nitrogen and oxygen atoms in total. The number of nitrogens with zero attached hydrogens (tertiary/aromatic N) is 2. The molecule has 2 rings (SSSR count). The van der Waals surface area contributed by atoms with Crippen molar-refractivity contribution in [1.29, 1.82) is 0 Å². The molecule has 0 bridgehead atoms. The van der Waals surface area contributed by atoms with Crippen LogP contribution in [0.25, 0.3) is 0 Å². The molecule has 1 aromatic heterocycles. The second kappa shape index (κ2) is 4.64. The minimum absolute atomic E-state index is 0.136. The lowest BCUT2D eigenvalue weighted by atomic mass is 10.1. The first-order valence-electron chi connectivity index (χ1n) is 5.64. The van der Waals surface area contributed by atoms with Crippen molar-refractivity contribution < 1.29 is 14.3 Å². The first-order chi connectivity index (χ1) is 8.52. The van der Waals surface area contributed by atoms with Crippen molar-refractivity contribution in [2.24, 2.45) is 5.92 Å². The van der Waals surface area contributed by atoms with Crippen LogP contribution in [0.1, 0.15) is 12.1 Å². The molecule has 0 spiro atoms. The lowest BCUT2D eigenvalue weighted by molar-refractivity contribution is -0.145. The first kappa shape index (κ1) is 12.3. The zero-order valence-electron chi connectivity index (χ0n) is 10.3. The van der Waals surface area contributed by atoms with Crippen LogP contribution in [0.15, 0.2) is 12.1 Å². The van der Waals surface area contributed by atoms with Crippen LogP contribution in [0.5, 0.6) is 0 Å². The molecule has 0 aromatic carbocycles. The van der Waals surface area contributed by atoms with E-state index in [0.717, 1.165) is 5.69 Å². The Kier molecular flexibility index (Phi) is 3.18. The molecule has 0 radical (unpaired) electrons. The molecule has 1 amide bonds. The largest absolute Gasteiger partial charge is 0.469 e. The third-order valence-corrected chi connectivity index (χ3v) is 2.99. The summed E-state index contributed by atoms with van der Waals surface area (Å²) in [5, 5.41) is 0. The quantitative estimate of drug-likeness (QED) is 0.771. The summed E-state index contributed by atoms with van der Waals surface area (Å²) in [6, 6.07) is 3.53. The Bertz CT molecular complexity index is 501. The fraction of sp³-hybridized carbons (Fsp3) is 0.417. The van der Waals surface area contributed by atoms with E-state index < -0.39 is 5.92 Å². The molecule has 1 unspecified atom stereocenters. The van der Waals surface area contributed by atoms with Gasteiger partial charge in [0.1, 0.15) is 5.82 Å². The van der Waals surface area contributed by atoms with Crippen molar-refractivity contribution >= 4 is 23.4 Å². The Morgan fingerprint density at radius 1 is 1.56 bits per heavy atom.